The highest BCUT2D eigenvalue weighted by atomic mass is 16.5. The molecule has 1 saturated carbocycles. The molecule has 0 radical (unpaired) electrons. The molecule has 2 aliphatic rings. The molecule has 2 rings (SSSR count). The van der Waals surface area contributed by atoms with Crippen molar-refractivity contribution < 1.29 is 9.53 Å². The fourth-order valence-corrected chi connectivity index (χ4v) is 2.58. The Morgan fingerprint density at radius 1 is 1.56 bits per heavy atom. The summed E-state index contributed by atoms with van der Waals surface area (Å²) < 4.78 is 5.47. The number of amides is 1. The van der Waals surface area contributed by atoms with Gasteiger partial charge in [0, 0.05) is 25.6 Å². The Morgan fingerprint density at radius 3 is 2.75 bits per heavy atom. The Bertz CT molecular complexity index is 258. The van der Waals surface area contributed by atoms with Gasteiger partial charge in [0.15, 0.2) is 0 Å². The summed E-state index contributed by atoms with van der Waals surface area (Å²) in [6.07, 6.45) is 4.36. The van der Waals surface area contributed by atoms with Gasteiger partial charge in [-0.3, -0.25) is 4.79 Å². The summed E-state index contributed by atoms with van der Waals surface area (Å²) in [4.78, 5) is 12.0. The molecule has 3 N–H and O–H groups in total. The van der Waals surface area contributed by atoms with Crippen molar-refractivity contribution in [3.05, 3.63) is 0 Å². The second-order valence-electron chi connectivity index (χ2n) is 5.17. The van der Waals surface area contributed by atoms with E-state index in [4.69, 9.17) is 10.5 Å². The van der Waals surface area contributed by atoms with Gasteiger partial charge in [0.2, 0.25) is 5.91 Å². The second kappa shape index (κ2) is 4.72. The molecule has 1 heterocycles. The fraction of sp³-hybridized carbons (Fsp3) is 0.917. The zero-order chi connectivity index (χ0) is 11.6. The summed E-state index contributed by atoms with van der Waals surface area (Å²) in [5.41, 5.74) is 5.45. The summed E-state index contributed by atoms with van der Waals surface area (Å²) in [5.74, 6) is 0.624. The lowest BCUT2D eigenvalue weighted by Crippen LogP contribution is -2.51. The van der Waals surface area contributed by atoms with E-state index in [2.05, 4.69) is 12.2 Å². The minimum Gasteiger partial charge on any atom is -0.378 e. The molecule has 0 spiro atoms. The largest absolute Gasteiger partial charge is 0.378 e. The molecule has 16 heavy (non-hydrogen) atoms. The van der Waals surface area contributed by atoms with E-state index in [9.17, 15) is 4.79 Å². The third-order valence-electron chi connectivity index (χ3n) is 4.24. The van der Waals surface area contributed by atoms with Gasteiger partial charge in [0.25, 0.3) is 0 Å². The van der Waals surface area contributed by atoms with Gasteiger partial charge in [0.1, 0.15) is 0 Å². The maximum atomic E-state index is 12.0. The van der Waals surface area contributed by atoms with Crippen LogP contribution in [0.15, 0.2) is 0 Å². The van der Waals surface area contributed by atoms with Gasteiger partial charge in [0.05, 0.1) is 11.5 Å². The average Bonchev–Trinajstić information content (AvgIpc) is 2.60. The van der Waals surface area contributed by atoms with Crippen molar-refractivity contribution in [1.82, 2.24) is 5.32 Å². The highest BCUT2D eigenvalue weighted by Gasteiger charge is 2.42. The van der Waals surface area contributed by atoms with Crippen LogP contribution in [0.2, 0.25) is 0 Å². The summed E-state index contributed by atoms with van der Waals surface area (Å²) >= 11 is 0. The van der Waals surface area contributed by atoms with Crippen LogP contribution in [0.4, 0.5) is 0 Å². The Balaban J connectivity index is 1.79. The lowest BCUT2D eigenvalue weighted by atomic mass is 9.68. The molecule has 0 aromatic carbocycles. The molecular weight excluding hydrogens is 204 g/mol. The Labute approximate surface area is 96.9 Å². The van der Waals surface area contributed by atoms with Crippen LogP contribution in [-0.2, 0) is 9.53 Å². The van der Waals surface area contributed by atoms with Gasteiger partial charge in [-0.05, 0) is 26.2 Å². The number of hydrogen-bond donors (Lipinski definition) is 2. The monoisotopic (exact) mass is 226 g/mol. The summed E-state index contributed by atoms with van der Waals surface area (Å²) in [6, 6.07) is 0. The summed E-state index contributed by atoms with van der Waals surface area (Å²) in [7, 11) is 0. The van der Waals surface area contributed by atoms with E-state index < -0.39 is 0 Å². The molecule has 2 atom stereocenters. The fourth-order valence-electron chi connectivity index (χ4n) is 2.58. The van der Waals surface area contributed by atoms with Crippen LogP contribution in [0.25, 0.3) is 0 Å². The molecule has 2 unspecified atom stereocenters. The number of rotatable bonds is 4. The predicted octanol–water partition coefficient (Wildman–Crippen LogP) is 0.657. The summed E-state index contributed by atoms with van der Waals surface area (Å²) in [6.45, 7) is 4.12. The first-order chi connectivity index (χ1) is 7.68. The molecule has 92 valence electrons. The van der Waals surface area contributed by atoms with Crippen molar-refractivity contribution in [3.8, 4) is 0 Å². The molecule has 1 amide bonds. The molecule has 1 aliphatic carbocycles. The molecule has 0 aromatic rings. The van der Waals surface area contributed by atoms with Crippen LogP contribution in [0.5, 0.6) is 0 Å². The highest BCUT2D eigenvalue weighted by molar-refractivity contribution is 5.83. The van der Waals surface area contributed by atoms with Crippen molar-refractivity contribution in [1.29, 1.82) is 0 Å². The van der Waals surface area contributed by atoms with E-state index in [1.54, 1.807) is 0 Å². The third-order valence-corrected chi connectivity index (χ3v) is 4.24. The van der Waals surface area contributed by atoms with Crippen LogP contribution in [0, 0.1) is 11.3 Å². The van der Waals surface area contributed by atoms with E-state index in [1.165, 1.54) is 0 Å². The number of nitrogens with one attached hydrogen (secondary N) is 1. The topological polar surface area (TPSA) is 64.3 Å². The zero-order valence-corrected chi connectivity index (χ0v) is 10.00. The lowest BCUT2D eigenvalue weighted by molar-refractivity contribution is -0.135. The van der Waals surface area contributed by atoms with Crippen LogP contribution in [0.3, 0.4) is 0 Å². The normalized spacial score (nSPS) is 32.1. The van der Waals surface area contributed by atoms with E-state index in [0.29, 0.717) is 12.5 Å². The molecule has 2 fully saturated rings. The first-order valence-corrected chi connectivity index (χ1v) is 6.28. The van der Waals surface area contributed by atoms with E-state index in [0.717, 1.165) is 38.8 Å². The molecule has 0 aromatic heterocycles. The lowest BCUT2D eigenvalue weighted by Gasteiger charge is -2.39. The van der Waals surface area contributed by atoms with Gasteiger partial charge in [-0.15, -0.1) is 0 Å². The minimum absolute atomic E-state index is 0.153. The SMILES string of the molecule is CC1OCCC1CNC(=O)C1(CN)CCC1. The van der Waals surface area contributed by atoms with E-state index in [-0.39, 0.29) is 17.4 Å². The van der Waals surface area contributed by atoms with E-state index in [1.807, 2.05) is 0 Å². The zero-order valence-electron chi connectivity index (χ0n) is 10.00. The van der Waals surface area contributed by atoms with Crippen LogP contribution in [-0.4, -0.2) is 31.7 Å². The van der Waals surface area contributed by atoms with Crippen LogP contribution in [0.1, 0.15) is 32.6 Å². The van der Waals surface area contributed by atoms with Gasteiger partial charge in [-0.1, -0.05) is 6.42 Å². The highest BCUT2D eigenvalue weighted by Crippen LogP contribution is 2.40. The van der Waals surface area contributed by atoms with Crippen LogP contribution >= 0.6 is 0 Å². The number of nitrogens with two attached hydrogens (primary N) is 1. The van der Waals surface area contributed by atoms with Gasteiger partial charge < -0.3 is 15.8 Å². The Morgan fingerprint density at radius 2 is 2.31 bits per heavy atom. The first-order valence-electron chi connectivity index (χ1n) is 6.28. The molecule has 4 heteroatoms. The number of ether oxygens (including phenoxy) is 1. The van der Waals surface area contributed by atoms with Gasteiger partial charge in [-0.2, -0.15) is 0 Å². The standard InChI is InChI=1S/C12H22N2O2/c1-9-10(3-6-16-9)7-14-11(15)12(8-13)4-2-5-12/h9-10H,2-8,13H2,1H3,(H,14,15). The van der Waals surface area contributed by atoms with E-state index >= 15 is 0 Å². The number of carbonyl (C=O) groups excluding carboxylic acids is 1. The summed E-state index contributed by atoms with van der Waals surface area (Å²) in [5, 5.41) is 3.05. The molecular formula is C12H22N2O2. The Kier molecular flexibility index (Phi) is 3.50. The molecule has 1 saturated heterocycles. The van der Waals surface area contributed by atoms with Crippen molar-refractivity contribution >= 4 is 5.91 Å². The smallest absolute Gasteiger partial charge is 0.227 e. The number of carbonyl (C=O) groups is 1. The average molecular weight is 226 g/mol. The van der Waals surface area contributed by atoms with Crippen molar-refractivity contribution in [2.45, 2.75) is 38.7 Å². The third kappa shape index (κ3) is 2.09. The molecule has 4 nitrogen and oxygen atoms in total. The quantitative estimate of drug-likeness (QED) is 0.740. The molecule has 0 bridgehead atoms. The van der Waals surface area contributed by atoms with Gasteiger partial charge >= 0.3 is 0 Å². The maximum absolute atomic E-state index is 12.0. The minimum atomic E-state index is -0.247. The molecule has 1 aliphatic heterocycles. The van der Waals surface area contributed by atoms with Crippen molar-refractivity contribution in [2.24, 2.45) is 17.1 Å². The number of hydrogen-bond acceptors (Lipinski definition) is 3. The Hall–Kier alpha value is -0.610. The maximum Gasteiger partial charge on any atom is 0.227 e. The van der Waals surface area contributed by atoms with Crippen molar-refractivity contribution in [3.63, 3.8) is 0 Å². The second-order valence-corrected chi connectivity index (χ2v) is 5.17. The van der Waals surface area contributed by atoms with Crippen LogP contribution < -0.4 is 11.1 Å². The van der Waals surface area contributed by atoms with Crippen molar-refractivity contribution in [2.75, 3.05) is 19.7 Å². The first kappa shape index (κ1) is 11.9. The van der Waals surface area contributed by atoms with Gasteiger partial charge in [-0.25, -0.2) is 0 Å². The predicted molar refractivity (Wildman–Crippen MR) is 61.9 cm³/mol.